The Morgan fingerprint density at radius 1 is 1.19 bits per heavy atom. The standard InChI is InChI=1S/C15H15FN2O3/c1-10(11-4-6-12(16)7-5-11)18-15(20)14(19)17-9-13-3-2-8-21-13/h2-8,10H,9H2,1H3,(H,17,19)(H,18,20)/t10-/m1/s1. The molecular weight excluding hydrogens is 275 g/mol. The van der Waals surface area contributed by atoms with Gasteiger partial charge in [0.1, 0.15) is 11.6 Å². The van der Waals surface area contributed by atoms with Gasteiger partial charge in [0, 0.05) is 0 Å². The van der Waals surface area contributed by atoms with E-state index in [2.05, 4.69) is 10.6 Å². The third-order valence-corrected chi connectivity index (χ3v) is 2.93. The van der Waals surface area contributed by atoms with Gasteiger partial charge in [-0.2, -0.15) is 0 Å². The molecule has 0 saturated heterocycles. The summed E-state index contributed by atoms with van der Waals surface area (Å²) in [6.45, 7) is 1.86. The molecule has 1 aromatic heterocycles. The minimum absolute atomic E-state index is 0.143. The van der Waals surface area contributed by atoms with Crippen LogP contribution in [0.1, 0.15) is 24.3 Å². The number of hydrogen-bond acceptors (Lipinski definition) is 3. The first-order valence-corrected chi connectivity index (χ1v) is 6.43. The topological polar surface area (TPSA) is 71.3 Å². The van der Waals surface area contributed by atoms with Crippen LogP contribution in [0.5, 0.6) is 0 Å². The van der Waals surface area contributed by atoms with Crippen molar-refractivity contribution in [2.45, 2.75) is 19.5 Å². The number of nitrogens with one attached hydrogen (secondary N) is 2. The second-order valence-electron chi connectivity index (χ2n) is 4.51. The van der Waals surface area contributed by atoms with Gasteiger partial charge in [0.25, 0.3) is 0 Å². The first kappa shape index (κ1) is 14.8. The molecule has 0 aliphatic rings. The Bertz CT molecular complexity index is 608. The highest BCUT2D eigenvalue weighted by atomic mass is 19.1. The van der Waals surface area contributed by atoms with Gasteiger partial charge in [0.2, 0.25) is 0 Å². The van der Waals surface area contributed by atoms with Gasteiger partial charge in [-0.15, -0.1) is 0 Å². The zero-order valence-corrected chi connectivity index (χ0v) is 11.4. The van der Waals surface area contributed by atoms with Crippen LogP contribution in [0, 0.1) is 5.82 Å². The van der Waals surface area contributed by atoms with Crippen molar-refractivity contribution in [3.63, 3.8) is 0 Å². The second kappa shape index (κ2) is 6.69. The van der Waals surface area contributed by atoms with Crippen LogP contribution in [0.2, 0.25) is 0 Å². The van der Waals surface area contributed by atoms with Crippen LogP contribution >= 0.6 is 0 Å². The van der Waals surface area contributed by atoms with Crippen molar-refractivity contribution in [3.05, 3.63) is 59.8 Å². The number of benzene rings is 1. The number of rotatable bonds is 4. The van der Waals surface area contributed by atoms with Crippen LogP contribution in [-0.4, -0.2) is 11.8 Å². The summed E-state index contributed by atoms with van der Waals surface area (Å²) in [6, 6.07) is 8.70. The molecule has 6 heteroatoms. The minimum Gasteiger partial charge on any atom is -0.467 e. The summed E-state index contributed by atoms with van der Waals surface area (Å²) in [7, 11) is 0. The smallest absolute Gasteiger partial charge is 0.309 e. The highest BCUT2D eigenvalue weighted by molar-refractivity contribution is 6.35. The molecular formula is C15H15FN2O3. The van der Waals surface area contributed by atoms with Crippen LogP contribution in [0.3, 0.4) is 0 Å². The monoisotopic (exact) mass is 290 g/mol. The summed E-state index contributed by atoms with van der Waals surface area (Å²) < 4.78 is 17.9. The molecule has 2 N–H and O–H groups in total. The van der Waals surface area contributed by atoms with Crippen molar-refractivity contribution >= 4 is 11.8 Å². The van der Waals surface area contributed by atoms with E-state index in [1.54, 1.807) is 31.2 Å². The normalized spacial score (nSPS) is 11.7. The maximum atomic E-state index is 12.8. The molecule has 5 nitrogen and oxygen atoms in total. The maximum Gasteiger partial charge on any atom is 0.309 e. The van der Waals surface area contributed by atoms with Gasteiger partial charge < -0.3 is 15.1 Å². The zero-order valence-electron chi connectivity index (χ0n) is 11.4. The van der Waals surface area contributed by atoms with Gasteiger partial charge in [0.05, 0.1) is 18.8 Å². The molecule has 2 amide bonds. The number of carbonyl (C=O) groups is 2. The molecule has 1 heterocycles. The Morgan fingerprint density at radius 3 is 2.52 bits per heavy atom. The molecule has 0 bridgehead atoms. The lowest BCUT2D eigenvalue weighted by Crippen LogP contribution is -2.40. The average molecular weight is 290 g/mol. The van der Waals surface area contributed by atoms with Crippen molar-refractivity contribution < 1.29 is 18.4 Å². The minimum atomic E-state index is -0.751. The predicted octanol–water partition coefficient (Wildman–Crippen LogP) is 1.91. The predicted molar refractivity (Wildman–Crippen MR) is 73.5 cm³/mol. The number of amides is 2. The molecule has 0 aliphatic heterocycles. The molecule has 0 fully saturated rings. The zero-order chi connectivity index (χ0) is 15.2. The van der Waals surface area contributed by atoms with E-state index in [4.69, 9.17) is 4.42 Å². The number of carbonyl (C=O) groups excluding carboxylic acids is 2. The van der Waals surface area contributed by atoms with Gasteiger partial charge in [-0.1, -0.05) is 12.1 Å². The van der Waals surface area contributed by atoms with Crippen molar-refractivity contribution in [1.29, 1.82) is 0 Å². The lowest BCUT2D eigenvalue weighted by atomic mass is 10.1. The molecule has 0 unspecified atom stereocenters. The molecule has 21 heavy (non-hydrogen) atoms. The average Bonchev–Trinajstić information content (AvgIpc) is 2.98. The Hall–Kier alpha value is -2.63. The van der Waals surface area contributed by atoms with Crippen LogP contribution in [-0.2, 0) is 16.1 Å². The highest BCUT2D eigenvalue weighted by Crippen LogP contribution is 2.12. The van der Waals surface area contributed by atoms with Crippen LogP contribution in [0.15, 0.2) is 47.1 Å². The Kier molecular flexibility index (Phi) is 4.71. The van der Waals surface area contributed by atoms with Gasteiger partial charge in [-0.3, -0.25) is 9.59 Å². The fourth-order valence-corrected chi connectivity index (χ4v) is 1.76. The molecule has 2 rings (SSSR count). The molecule has 0 saturated carbocycles. The molecule has 1 aromatic carbocycles. The molecule has 0 spiro atoms. The Balaban J connectivity index is 1.85. The second-order valence-corrected chi connectivity index (χ2v) is 4.51. The van der Waals surface area contributed by atoms with Gasteiger partial charge in [0.15, 0.2) is 0 Å². The van der Waals surface area contributed by atoms with E-state index < -0.39 is 17.9 Å². The number of furan rings is 1. The third kappa shape index (κ3) is 4.17. The van der Waals surface area contributed by atoms with Gasteiger partial charge >= 0.3 is 11.8 Å². The first-order chi connectivity index (χ1) is 10.1. The van der Waals surface area contributed by atoms with E-state index in [0.717, 1.165) is 0 Å². The van der Waals surface area contributed by atoms with Crippen molar-refractivity contribution in [3.8, 4) is 0 Å². The van der Waals surface area contributed by atoms with Crippen molar-refractivity contribution in [2.24, 2.45) is 0 Å². The van der Waals surface area contributed by atoms with Crippen molar-refractivity contribution in [2.75, 3.05) is 0 Å². The Labute approximate surface area is 121 Å². The van der Waals surface area contributed by atoms with E-state index in [-0.39, 0.29) is 12.4 Å². The van der Waals surface area contributed by atoms with E-state index in [1.165, 1.54) is 18.4 Å². The third-order valence-electron chi connectivity index (χ3n) is 2.93. The van der Waals surface area contributed by atoms with E-state index in [0.29, 0.717) is 11.3 Å². The fraction of sp³-hybridized carbons (Fsp3) is 0.200. The highest BCUT2D eigenvalue weighted by Gasteiger charge is 2.17. The van der Waals surface area contributed by atoms with Gasteiger partial charge in [-0.05, 0) is 36.8 Å². The van der Waals surface area contributed by atoms with E-state index in [9.17, 15) is 14.0 Å². The number of hydrogen-bond donors (Lipinski definition) is 2. The summed E-state index contributed by atoms with van der Waals surface area (Å²) in [5.41, 5.74) is 0.712. The lowest BCUT2D eigenvalue weighted by Gasteiger charge is -2.13. The molecule has 2 aromatic rings. The summed E-state index contributed by atoms with van der Waals surface area (Å²) in [6.07, 6.45) is 1.48. The van der Waals surface area contributed by atoms with Gasteiger partial charge in [-0.25, -0.2) is 4.39 Å². The fourth-order valence-electron chi connectivity index (χ4n) is 1.76. The maximum absolute atomic E-state index is 12.8. The van der Waals surface area contributed by atoms with E-state index in [1.807, 2.05) is 0 Å². The first-order valence-electron chi connectivity index (χ1n) is 6.43. The number of halogens is 1. The largest absolute Gasteiger partial charge is 0.467 e. The van der Waals surface area contributed by atoms with Crippen LogP contribution < -0.4 is 10.6 Å². The summed E-state index contributed by atoms with van der Waals surface area (Å²) >= 11 is 0. The van der Waals surface area contributed by atoms with Crippen LogP contribution in [0.25, 0.3) is 0 Å². The summed E-state index contributed by atoms with van der Waals surface area (Å²) in [5, 5.41) is 4.99. The quantitative estimate of drug-likeness (QED) is 0.845. The molecule has 0 aliphatic carbocycles. The van der Waals surface area contributed by atoms with Crippen molar-refractivity contribution in [1.82, 2.24) is 10.6 Å². The summed E-state index contributed by atoms with van der Waals surface area (Å²) in [4.78, 5) is 23.4. The lowest BCUT2D eigenvalue weighted by molar-refractivity contribution is -0.139. The van der Waals surface area contributed by atoms with Crippen LogP contribution in [0.4, 0.5) is 4.39 Å². The SMILES string of the molecule is C[C@@H](NC(=O)C(=O)NCc1ccco1)c1ccc(F)cc1. The Morgan fingerprint density at radius 2 is 1.90 bits per heavy atom. The molecule has 0 radical (unpaired) electrons. The molecule has 1 atom stereocenters. The summed E-state index contributed by atoms with van der Waals surface area (Å²) in [5.74, 6) is -1.30. The molecule has 110 valence electrons. The van der Waals surface area contributed by atoms with E-state index >= 15 is 0 Å².